The summed E-state index contributed by atoms with van der Waals surface area (Å²) in [7, 11) is 1.45. The lowest BCUT2D eigenvalue weighted by Crippen LogP contribution is -2.27. The van der Waals surface area contributed by atoms with Crippen molar-refractivity contribution in [2.45, 2.75) is 6.42 Å². The molecule has 5 heteroatoms. The number of benzene rings is 1. The van der Waals surface area contributed by atoms with Gasteiger partial charge in [-0.2, -0.15) is 0 Å². The van der Waals surface area contributed by atoms with Gasteiger partial charge < -0.3 is 19.9 Å². The highest BCUT2D eigenvalue weighted by Gasteiger charge is 2.08. The number of nitrogens with one attached hydrogen (secondary N) is 1. The summed E-state index contributed by atoms with van der Waals surface area (Å²) in [6.07, 6.45) is 2.57. The summed E-state index contributed by atoms with van der Waals surface area (Å²) in [5.41, 5.74) is 0.379. The molecule has 5 nitrogen and oxygen atoms in total. The number of ether oxygens (including phenoxy) is 2. The van der Waals surface area contributed by atoms with E-state index in [0.29, 0.717) is 31.1 Å². The van der Waals surface area contributed by atoms with E-state index >= 15 is 0 Å². The molecule has 0 spiro atoms. The van der Waals surface area contributed by atoms with E-state index in [4.69, 9.17) is 9.47 Å². The minimum absolute atomic E-state index is 0.0580. The second kappa shape index (κ2) is 8.16. The van der Waals surface area contributed by atoms with Crippen molar-refractivity contribution in [2.24, 2.45) is 0 Å². The van der Waals surface area contributed by atoms with Crippen LogP contribution in [0.15, 0.2) is 30.9 Å². The summed E-state index contributed by atoms with van der Waals surface area (Å²) in [4.78, 5) is 11.8. The van der Waals surface area contributed by atoms with Crippen LogP contribution in [0.3, 0.4) is 0 Å². The van der Waals surface area contributed by atoms with E-state index in [9.17, 15) is 9.90 Å². The Labute approximate surface area is 112 Å². The molecule has 0 heterocycles. The lowest BCUT2D eigenvalue weighted by Gasteiger charge is -2.08. The van der Waals surface area contributed by atoms with Gasteiger partial charge in [0.15, 0.2) is 11.5 Å². The van der Waals surface area contributed by atoms with Gasteiger partial charge in [0, 0.05) is 12.1 Å². The van der Waals surface area contributed by atoms with Crippen LogP contribution in [0.5, 0.6) is 11.5 Å². The first-order chi connectivity index (χ1) is 9.19. The van der Waals surface area contributed by atoms with Gasteiger partial charge >= 0.3 is 0 Å². The molecule has 0 unspecified atom stereocenters. The predicted octanol–water partition coefficient (Wildman–Crippen LogP) is 1.72. The Morgan fingerprint density at radius 1 is 1.47 bits per heavy atom. The fourth-order valence-corrected chi connectivity index (χ4v) is 1.44. The van der Waals surface area contributed by atoms with E-state index in [1.165, 1.54) is 13.2 Å². The molecular weight excluding hydrogens is 246 g/mol. The summed E-state index contributed by atoms with van der Waals surface area (Å²) >= 11 is 0. The van der Waals surface area contributed by atoms with E-state index in [0.717, 1.165) is 6.42 Å². The van der Waals surface area contributed by atoms with Crippen LogP contribution < -0.4 is 10.1 Å². The Bertz CT molecular complexity index is 431. The molecule has 0 bridgehead atoms. The number of phenols is 1. The fraction of sp³-hybridized carbons (Fsp3) is 0.357. The zero-order chi connectivity index (χ0) is 14.1. The van der Waals surface area contributed by atoms with Gasteiger partial charge in [-0.15, -0.1) is 6.58 Å². The first-order valence-corrected chi connectivity index (χ1v) is 6.03. The molecule has 1 aromatic carbocycles. The fourth-order valence-electron chi connectivity index (χ4n) is 1.44. The van der Waals surface area contributed by atoms with Crippen LogP contribution in [0.4, 0.5) is 0 Å². The maximum Gasteiger partial charge on any atom is 0.251 e. The van der Waals surface area contributed by atoms with Crippen molar-refractivity contribution < 1.29 is 19.4 Å². The van der Waals surface area contributed by atoms with E-state index in [2.05, 4.69) is 11.9 Å². The molecule has 0 aliphatic heterocycles. The quantitative estimate of drug-likeness (QED) is 0.555. The highest BCUT2D eigenvalue weighted by molar-refractivity contribution is 5.94. The van der Waals surface area contributed by atoms with Crippen molar-refractivity contribution in [2.75, 3.05) is 26.9 Å². The summed E-state index contributed by atoms with van der Waals surface area (Å²) in [6.45, 7) is 5.05. The molecule has 0 aliphatic carbocycles. The molecule has 1 aromatic rings. The lowest BCUT2D eigenvalue weighted by atomic mass is 10.2. The average Bonchev–Trinajstić information content (AvgIpc) is 2.42. The number of hydrogen-bond donors (Lipinski definition) is 2. The van der Waals surface area contributed by atoms with Gasteiger partial charge in [0.2, 0.25) is 0 Å². The largest absolute Gasteiger partial charge is 0.504 e. The molecule has 1 amide bonds. The maximum atomic E-state index is 11.8. The van der Waals surface area contributed by atoms with Gasteiger partial charge in [-0.3, -0.25) is 4.79 Å². The van der Waals surface area contributed by atoms with Crippen LogP contribution in [0, 0.1) is 0 Å². The first-order valence-electron chi connectivity index (χ1n) is 6.03. The molecule has 2 N–H and O–H groups in total. The number of aromatic hydroxyl groups is 1. The topological polar surface area (TPSA) is 67.8 Å². The number of phenolic OH excluding ortho intramolecular Hbond substituents is 1. The molecule has 0 radical (unpaired) electrons. The van der Waals surface area contributed by atoms with Gasteiger partial charge in [-0.1, -0.05) is 6.08 Å². The van der Waals surface area contributed by atoms with Crippen molar-refractivity contribution in [3.8, 4) is 11.5 Å². The second-order valence-corrected chi connectivity index (χ2v) is 3.83. The summed E-state index contributed by atoms with van der Waals surface area (Å²) in [6, 6.07) is 4.50. The van der Waals surface area contributed by atoms with E-state index < -0.39 is 0 Å². The van der Waals surface area contributed by atoms with E-state index in [-0.39, 0.29) is 11.7 Å². The molecule has 1 rings (SSSR count). The van der Waals surface area contributed by atoms with Crippen molar-refractivity contribution in [3.05, 3.63) is 36.4 Å². The SMILES string of the molecule is C=CCCOCCNC(=O)c1ccc(OC)c(O)c1. The third-order valence-corrected chi connectivity index (χ3v) is 2.44. The molecule has 104 valence electrons. The van der Waals surface area contributed by atoms with Crippen LogP contribution in [0.25, 0.3) is 0 Å². The van der Waals surface area contributed by atoms with Crippen molar-refractivity contribution in [1.82, 2.24) is 5.32 Å². The maximum absolute atomic E-state index is 11.8. The Balaban J connectivity index is 2.37. The Morgan fingerprint density at radius 2 is 2.26 bits per heavy atom. The van der Waals surface area contributed by atoms with Gasteiger partial charge in [0.25, 0.3) is 5.91 Å². The van der Waals surface area contributed by atoms with Gasteiger partial charge in [0.05, 0.1) is 20.3 Å². The molecule has 0 fully saturated rings. The third-order valence-electron chi connectivity index (χ3n) is 2.44. The molecular formula is C14H19NO4. The number of carbonyl (C=O) groups is 1. The minimum Gasteiger partial charge on any atom is -0.504 e. The molecule has 0 atom stereocenters. The molecule has 0 saturated carbocycles. The molecule has 19 heavy (non-hydrogen) atoms. The number of hydrogen-bond acceptors (Lipinski definition) is 4. The van der Waals surface area contributed by atoms with Gasteiger partial charge in [0.1, 0.15) is 0 Å². The number of rotatable bonds is 8. The zero-order valence-electron chi connectivity index (χ0n) is 11.0. The number of carbonyl (C=O) groups excluding carboxylic acids is 1. The summed E-state index contributed by atoms with van der Waals surface area (Å²) in [5.74, 6) is 0.0203. The minimum atomic E-state index is -0.259. The predicted molar refractivity (Wildman–Crippen MR) is 72.6 cm³/mol. The van der Waals surface area contributed by atoms with Crippen molar-refractivity contribution >= 4 is 5.91 Å². The monoisotopic (exact) mass is 265 g/mol. The summed E-state index contributed by atoms with van der Waals surface area (Å²) < 4.78 is 10.2. The zero-order valence-corrected chi connectivity index (χ0v) is 11.0. The van der Waals surface area contributed by atoms with Crippen molar-refractivity contribution in [1.29, 1.82) is 0 Å². The smallest absolute Gasteiger partial charge is 0.251 e. The van der Waals surface area contributed by atoms with Crippen molar-refractivity contribution in [3.63, 3.8) is 0 Å². The Morgan fingerprint density at radius 3 is 2.89 bits per heavy atom. The average molecular weight is 265 g/mol. The van der Waals surface area contributed by atoms with Crippen LogP contribution >= 0.6 is 0 Å². The first kappa shape index (κ1) is 15.0. The van der Waals surface area contributed by atoms with Crippen LogP contribution in [-0.2, 0) is 4.74 Å². The highest BCUT2D eigenvalue weighted by atomic mass is 16.5. The van der Waals surface area contributed by atoms with Crippen LogP contribution in [-0.4, -0.2) is 37.9 Å². The highest BCUT2D eigenvalue weighted by Crippen LogP contribution is 2.25. The standard InChI is InChI=1S/C14H19NO4/c1-3-4-8-19-9-7-15-14(17)11-5-6-13(18-2)12(16)10-11/h3,5-6,10,16H,1,4,7-9H2,2H3,(H,15,17). The van der Waals surface area contributed by atoms with Gasteiger partial charge in [-0.25, -0.2) is 0 Å². The van der Waals surface area contributed by atoms with Crippen LogP contribution in [0.2, 0.25) is 0 Å². The lowest BCUT2D eigenvalue weighted by molar-refractivity contribution is 0.0917. The number of amides is 1. The van der Waals surface area contributed by atoms with Gasteiger partial charge in [-0.05, 0) is 24.6 Å². The Hall–Kier alpha value is -2.01. The molecule has 0 aliphatic rings. The number of methoxy groups -OCH3 is 1. The summed E-state index contributed by atoms with van der Waals surface area (Å²) in [5, 5.41) is 12.3. The second-order valence-electron chi connectivity index (χ2n) is 3.83. The normalized spacial score (nSPS) is 9.95. The van der Waals surface area contributed by atoms with E-state index in [1.54, 1.807) is 18.2 Å². The molecule has 0 saturated heterocycles. The van der Waals surface area contributed by atoms with E-state index in [1.807, 2.05) is 0 Å². The third kappa shape index (κ3) is 5.01. The van der Waals surface area contributed by atoms with Crippen LogP contribution in [0.1, 0.15) is 16.8 Å². The Kier molecular flexibility index (Phi) is 6.46. The molecule has 0 aromatic heterocycles.